The Kier molecular flexibility index (Phi) is 4.71. The number of aliphatic hydroxyl groups excluding tert-OH is 1. The summed E-state index contributed by atoms with van der Waals surface area (Å²) < 4.78 is 0. The number of benzene rings is 2. The van der Waals surface area contributed by atoms with Crippen LogP contribution in [0.25, 0.3) is 11.0 Å². The lowest BCUT2D eigenvalue weighted by Gasteiger charge is -2.28. The van der Waals surface area contributed by atoms with E-state index in [1.807, 2.05) is 48.5 Å². The number of carbonyl (C=O) groups excluding carboxylic acids is 1. The maximum Gasteiger partial charge on any atom is 0.223 e. The van der Waals surface area contributed by atoms with Gasteiger partial charge in [-0.25, -0.2) is 4.98 Å². The van der Waals surface area contributed by atoms with Gasteiger partial charge >= 0.3 is 0 Å². The average Bonchev–Trinajstić information content (AvgIpc) is 3.14. The number of aromatic amines is 1. The fourth-order valence-corrected chi connectivity index (χ4v) is 3.80. The standard InChI is InChI=1S/C21H23N3O2/c25-17-8-4-7-16(11-17)21(26)24-20(14-5-2-1-3-6-14)15-9-10-18-19(12-15)23-13-22-18/h1-3,5-6,9-10,12-13,16-17,20,25H,4,7-8,11H2,(H,22,23)(H,24,26)/t16-,17-,20-/m1/s1. The molecule has 0 spiro atoms. The number of hydrogen-bond donors (Lipinski definition) is 3. The summed E-state index contributed by atoms with van der Waals surface area (Å²) in [6.07, 6.45) is 4.39. The van der Waals surface area contributed by atoms with Crippen LogP contribution >= 0.6 is 0 Å². The Balaban J connectivity index is 1.63. The molecule has 4 rings (SSSR count). The van der Waals surface area contributed by atoms with Gasteiger partial charge in [0.25, 0.3) is 0 Å². The van der Waals surface area contributed by atoms with E-state index in [9.17, 15) is 9.90 Å². The number of imidazole rings is 1. The molecule has 1 aliphatic carbocycles. The van der Waals surface area contributed by atoms with Crippen LogP contribution in [0.3, 0.4) is 0 Å². The van der Waals surface area contributed by atoms with Crippen molar-refractivity contribution in [2.45, 2.75) is 37.8 Å². The number of nitrogens with zero attached hydrogens (tertiary/aromatic N) is 1. The zero-order valence-corrected chi connectivity index (χ0v) is 14.6. The van der Waals surface area contributed by atoms with Crippen LogP contribution in [0.4, 0.5) is 0 Å². The van der Waals surface area contributed by atoms with Gasteiger partial charge in [-0.05, 0) is 42.5 Å². The van der Waals surface area contributed by atoms with E-state index in [2.05, 4.69) is 15.3 Å². The van der Waals surface area contributed by atoms with Gasteiger partial charge in [-0.3, -0.25) is 4.79 Å². The van der Waals surface area contributed by atoms with Crippen LogP contribution in [0.2, 0.25) is 0 Å². The minimum absolute atomic E-state index is 0.0160. The fourth-order valence-electron chi connectivity index (χ4n) is 3.80. The van der Waals surface area contributed by atoms with Gasteiger partial charge in [-0.15, -0.1) is 0 Å². The molecule has 5 heteroatoms. The minimum atomic E-state index is -0.365. The summed E-state index contributed by atoms with van der Waals surface area (Å²) in [4.78, 5) is 20.3. The summed E-state index contributed by atoms with van der Waals surface area (Å²) >= 11 is 0. The lowest BCUT2D eigenvalue weighted by molar-refractivity contribution is -0.127. The van der Waals surface area contributed by atoms with Crippen LogP contribution in [-0.2, 0) is 4.79 Å². The van der Waals surface area contributed by atoms with Gasteiger partial charge in [-0.2, -0.15) is 0 Å². The maximum absolute atomic E-state index is 12.9. The van der Waals surface area contributed by atoms with E-state index in [0.29, 0.717) is 6.42 Å². The smallest absolute Gasteiger partial charge is 0.223 e. The summed E-state index contributed by atoms with van der Waals surface area (Å²) in [7, 11) is 0. The van der Waals surface area contributed by atoms with Crippen molar-refractivity contribution in [3.63, 3.8) is 0 Å². The number of fused-ring (bicyclic) bond motifs is 1. The van der Waals surface area contributed by atoms with E-state index in [1.54, 1.807) is 6.33 Å². The highest BCUT2D eigenvalue weighted by Crippen LogP contribution is 2.28. The van der Waals surface area contributed by atoms with Crippen LogP contribution in [-0.4, -0.2) is 27.1 Å². The van der Waals surface area contributed by atoms with Gasteiger partial charge in [0.05, 0.1) is 29.5 Å². The highest BCUT2D eigenvalue weighted by molar-refractivity contribution is 5.80. The second-order valence-corrected chi connectivity index (χ2v) is 7.05. The summed E-state index contributed by atoms with van der Waals surface area (Å²) in [5.74, 6) is -0.108. The molecule has 1 saturated carbocycles. The molecule has 1 fully saturated rings. The van der Waals surface area contributed by atoms with Crippen molar-refractivity contribution in [1.82, 2.24) is 15.3 Å². The van der Waals surface area contributed by atoms with Crippen molar-refractivity contribution < 1.29 is 9.90 Å². The molecule has 0 saturated heterocycles. The molecule has 0 bridgehead atoms. The molecular weight excluding hydrogens is 326 g/mol. The molecule has 1 amide bonds. The lowest BCUT2D eigenvalue weighted by Crippen LogP contribution is -2.37. The van der Waals surface area contributed by atoms with Crippen molar-refractivity contribution in [3.8, 4) is 0 Å². The number of rotatable bonds is 4. The second kappa shape index (κ2) is 7.30. The van der Waals surface area contributed by atoms with E-state index < -0.39 is 0 Å². The third-order valence-electron chi connectivity index (χ3n) is 5.21. The molecule has 3 N–H and O–H groups in total. The molecule has 26 heavy (non-hydrogen) atoms. The van der Waals surface area contributed by atoms with Gasteiger partial charge in [0, 0.05) is 5.92 Å². The average molecular weight is 349 g/mol. The Morgan fingerprint density at radius 3 is 2.81 bits per heavy atom. The highest BCUT2D eigenvalue weighted by Gasteiger charge is 2.28. The molecule has 1 heterocycles. The summed E-state index contributed by atoms with van der Waals surface area (Å²) in [5.41, 5.74) is 3.90. The van der Waals surface area contributed by atoms with E-state index in [-0.39, 0.29) is 24.0 Å². The van der Waals surface area contributed by atoms with Crippen molar-refractivity contribution >= 4 is 16.9 Å². The topological polar surface area (TPSA) is 78.0 Å². The van der Waals surface area contributed by atoms with Crippen LogP contribution in [0.5, 0.6) is 0 Å². The quantitative estimate of drug-likeness (QED) is 0.676. The van der Waals surface area contributed by atoms with Crippen LogP contribution in [0.15, 0.2) is 54.9 Å². The van der Waals surface area contributed by atoms with Gasteiger partial charge < -0.3 is 15.4 Å². The van der Waals surface area contributed by atoms with Crippen molar-refractivity contribution in [2.24, 2.45) is 5.92 Å². The van der Waals surface area contributed by atoms with E-state index in [1.165, 1.54) is 0 Å². The molecule has 3 atom stereocenters. The number of hydrogen-bond acceptors (Lipinski definition) is 3. The number of aliphatic hydroxyl groups is 1. The number of H-pyrrole nitrogens is 1. The number of aromatic nitrogens is 2. The Hall–Kier alpha value is -2.66. The molecular formula is C21H23N3O2. The first-order valence-electron chi connectivity index (χ1n) is 9.17. The van der Waals surface area contributed by atoms with Gasteiger partial charge in [-0.1, -0.05) is 42.8 Å². The first-order valence-corrected chi connectivity index (χ1v) is 9.17. The molecule has 0 radical (unpaired) electrons. The van der Waals surface area contributed by atoms with E-state index >= 15 is 0 Å². The van der Waals surface area contributed by atoms with Crippen LogP contribution in [0, 0.1) is 5.92 Å². The molecule has 0 aliphatic heterocycles. The predicted molar refractivity (Wildman–Crippen MR) is 100 cm³/mol. The summed E-state index contributed by atoms with van der Waals surface area (Å²) in [6, 6.07) is 15.8. The minimum Gasteiger partial charge on any atom is -0.393 e. The second-order valence-electron chi connectivity index (χ2n) is 7.05. The maximum atomic E-state index is 12.9. The number of amides is 1. The molecule has 134 valence electrons. The summed E-state index contributed by atoms with van der Waals surface area (Å²) in [5, 5.41) is 13.1. The van der Waals surface area contributed by atoms with Crippen molar-refractivity contribution in [3.05, 3.63) is 66.0 Å². The predicted octanol–water partition coefficient (Wildman–Crippen LogP) is 3.32. The normalized spacial score (nSPS) is 21.4. The monoisotopic (exact) mass is 349 g/mol. The number of nitrogens with one attached hydrogen (secondary N) is 2. The van der Waals surface area contributed by atoms with Crippen LogP contribution < -0.4 is 5.32 Å². The number of carbonyl (C=O) groups is 1. The molecule has 1 aromatic heterocycles. The largest absolute Gasteiger partial charge is 0.393 e. The summed E-state index contributed by atoms with van der Waals surface area (Å²) in [6.45, 7) is 0. The molecule has 3 aromatic rings. The SMILES string of the molecule is O=C(N[C@H](c1ccccc1)c1ccc2nc[nH]c2c1)[C@@H]1CCC[C@@H](O)C1. The van der Waals surface area contributed by atoms with E-state index in [4.69, 9.17) is 0 Å². The van der Waals surface area contributed by atoms with Crippen LogP contribution in [0.1, 0.15) is 42.9 Å². The molecule has 2 aromatic carbocycles. The van der Waals surface area contributed by atoms with Gasteiger partial charge in [0.15, 0.2) is 0 Å². The molecule has 1 aliphatic rings. The highest BCUT2D eigenvalue weighted by atomic mass is 16.3. The third kappa shape index (κ3) is 3.48. The molecule has 0 unspecified atom stereocenters. The van der Waals surface area contributed by atoms with E-state index in [0.717, 1.165) is 41.4 Å². The third-order valence-corrected chi connectivity index (χ3v) is 5.21. The zero-order valence-electron chi connectivity index (χ0n) is 14.6. The molecule has 5 nitrogen and oxygen atoms in total. The van der Waals surface area contributed by atoms with Gasteiger partial charge in [0.1, 0.15) is 0 Å². The Morgan fingerprint density at radius 2 is 2.00 bits per heavy atom. The fraction of sp³-hybridized carbons (Fsp3) is 0.333. The van der Waals surface area contributed by atoms with Crippen molar-refractivity contribution in [2.75, 3.05) is 0 Å². The lowest BCUT2D eigenvalue weighted by atomic mass is 9.86. The Labute approximate surface area is 152 Å². The first-order chi connectivity index (χ1) is 12.7. The Bertz CT molecular complexity index is 890. The first kappa shape index (κ1) is 16.8. The Morgan fingerprint density at radius 1 is 1.15 bits per heavy atom. The zero-order chi connectivity index (χ0) is 17.9. The van der Waals surface area contributed by atoms with Gasteiger partial charge in [0.2, 0.25) is 5.91 Å². The van der Waals surface area contributed by atoms with Crippen molar-refractivity contribution in [1.29, 1.82) is 0 Å².